The van der Waals surface area contributed by atoms with Crippen molar-refractivity contribution < 1.29 is 24.5 Å². The van der Waals surface area contributed by atoms with Crippen LogP contribution in [-0.4, -0.2) is 40.4 Å². The standard InChI is InChI=1S/C21H17N5O5/c1-31-18-10-15(24-25-17-7-3-2-6-16(17)21(29)30)9-14(19(18)27)12-23-26-20(28)13-5-4-8-22-11-13/h2-12,27H,1H3,(H,26,28)(H,29,30). The SMILES string of the molecule is COc1cc(N=Nc2ccccc2C(=O)O)cc(C=NNC(=O)c2cccnc2)c1O. The summed E-state index contributed by atoms with van der Waals surface area (Å²) in [6.45, 7) is 0. The molecular weight excluding hydrogens is 402 g/mol. The van der Waals surface area contributed by atoms with Crippen LogP contribution in [0.15, 0.2) is 76.3 Å². The highest BCUT2D eigenvalue weighted by Gasteiger charge is 2.11. The van der Waals surface area contributed by atoms with E-state index in [-0.39, 0.29) is 34.0 Å². The van der Waals surface area contributed by atoms with Crippen LogP contribution >= 0.6 is 0 Å². The lowest BCUT2D eigenvalue weighted by Crippen LogP contribution is -2.17. The molecule has 31 heavy (non-hydrogen) atoms. The van der Waals surface area contributed by atoms with Crippen molar-refractivity contribution in [2.24, 2.45) is 15.3 Å². The average Bonchev–Trinajstić information content (AvgIpc) is 2.79. The first-order valence-electron chi connectivity index (χ1n) is 8.88. The van der Waals surface area contributed by atoms with Crippen LogP contribution in [0, 0.1) is 0 Å². The van der Waals surface area contributed by atoms with E-state index in [2.05, 4.69) is 25.7 Å². The number of amides is 1. The molecule has 3 aromatic rings. The summed E-state index contributed by atoms with van der Waals surface area (Å²) in [6, 6.07) is 12.2. The van der Waals surface area contributed by atoms with E-state index in [9.17, 15) is 19.8 Å². The highest BCUT2D eigenvalue weighted by molar-refractivity contribution is 5.95. The number of hydrogen-bond acceptors (Lipinski definition) is 8. The number of benzene rings is 2. The molecule has 0 bridgehead atoms. The number of nitrogens with one attached hydrogen (secondary N) is 1. The van der Waals surface area contributed by atoms with Gasteiger partial charge in [0.1, 0.15) is 5.69 Å². The molecule has 3 N–H and O–H groups in total. The first kappa shape index (κ1) is 21.1. The molecule has 2 aromatic carbocycles. The molecule has 0 saturated carbocycles. The summed E-state index contributed by atoms with van der Waals surface area (Å²) >= 11 is 0. The number of carbonyl (C=O) groups is 2. The molecule has 3 rings (SSSR count). The Morgan fingerprint density at radius 1 is 1.13 bits per heavy atom. The number of hydrazone groups is 1. The first-order chi connectivity index (χ1) is 15.0. The Kier molecular flexibility index (Phi) is 6.64. The fourth-order valence-corrected chi connectivity index (χ4v) is 2.50. The highest BCUT2D eigenvalue weighted by Crippen LogP contribution is 2.34. The molecule has 0 aliphatic heterocycles. The lowest BCUT2D eigenvalue weighted by Gasteiger charge is -2.07. The summed E-state index contributed by atoms with van der Waals surface area (Å²) < 4.78 is 5.13. The molecule has 0 fully saturated rings. The number of rotatable bonds is 7. The number of hydrogen-bond donors (Lipinski definition) is 3. The molecule has 1 heterocycles. The Labute approximate surface area is 176 Å². The zero-order valence-electron chi connectivity index (χ0n) is 16.3. The van der Waals surface area contributed by atoms with Gasteiger partial charge in [0, 0.05) is 24.0 Å². The second-order valence-electron chi connectivity index (χ2n) is 6.05. The number of phenolic OH excluding ortho intramolecular Hbond substituents is 1. The molecule has 10 nitrogen and oxygen atoms in total. The van der Waals surface area contributed by atoms with Crippen molar-refractivity contribution in [3.63, 3.8) is 0 Å². The third-order valence-electron chi connectivity index (χ3n) is 4.01. The van der Waals surface area contributed by atoms with Crippen LogP contribution in [-0.2, 0) is 0 Å². The van der Waals surface area contributed by atoms with Crippen molar-refractivity contribution in [3.05, 3.63) is 77.6 Å². The average molecular weight is 419 g/mol. The molecule has 10 heteroatoms. The third kappa shape index (κ3) is 5.26. The summed E-state index contributed by atoms with van der Waals surface area (Å²) in [5.41, 5.74) is 3.29. The monoisotopic (exact) mass is 419 g/mol. The summed E-state index contributed by atoms with van der Waals surface area (Å²) in [5.74, 6) is -1.72. The Bertz CT molecular complexity index is 1160. The Hall–Kier alpha value is -4.60. The molecule has 0 atom stereocenters. The number of pyridine rings is 1. The minimum Gasteiger partial charge on any atom is -0.504 e. The van der Waals surface area contributed by atoms with Gasteiger partial charge in [0.25, 0.3) is 5.91 Å². The minimum absolute atomic E-state index is 0.00288. The van der Waals surface area contributed by atoms with Gasteiger partial charge in [0.05, 0.1) is 30.1 Å². The maximum Gasteiger partial charge on any atom is 0.337 e. The number of carboxylic acid groups (broad SMARTS) is 1. The van der Waals surface area contributed by atoms with Crippen molar-refractivity contribution in [3.8, 4) is 11.5 Å². The Morgan fingerprint density at radius 3 is 2.65 bits per heavy atom. The van der Waals surface area contributed by atoms with Crippen LogP contribution in [0.25, 0.3) is 0 Å². The van der Waals surface area contributed by atoms with E-state index in [1.54, 1.807) is 30.5 Å². The van der Waals surface area contributed by atoms with Crippen LogP contribution in [0.4, 0.5) is 11.4 Å². The van der Waals surface area contributed by atoms with Gasteiger partial charge in [-0.3, -0.25) is 9.78 Å². The fourth-order valence-electron chi connectivity index (χ4n) is 2.50. The van der Waals surface area contributed by atoms with Gasteiger partial charge in [-0.25, -0.2) is 10.2 Å². The van der Waals surface area contributed by atoms with Gasteiger partial charge in [-0.15, -0.1) is 5.11 Å². The maximum absolute atomic E-state index is 12.0. The van der Waals surface area contributed by atoms with Gasteiger partial charge in [-0.05, 0) is 30.3 Å². The predicted octanol–water partition coefficient (Wildman–Crippen LogP) is 3.67. The van der Waals surface area contributed by atoms with E-state index in [0.29, 0.717) is 5.56 Å². The fraction of sp³-hybridized carbons (Fsp3) is 0.0476. The Morgan fingerprint density at radius 2 is 1.94 bits per heavy atom. The number of nitrogens with zero attached hydrogens (tertiary/aromatic N) is 4. The molecule has 0 aliphatic rings. The van der Waals surface area contributed by atoms with Crippen molar-refractivity contribution >= 4 is 29.5 Å². The zero-order valence-corrected chi connectivity index (χ0v) is 16.3. The van der Waals surface area contributed by atoms with Crippen LogP contribution < -0.4 is 10.2 Å². The van der Waals surface area contributed by atoms with Crippen molar-refractivity contribution in [1.29, 1.82) is 0 Å². The van der Waals surface area contributed by atoms with Gasteiger partial charge < -0.3 is 14.9 Å². The molecule has 0 saturated heterocycles. The van der Waals surface area contributed by atoms with Gasteiger partial charge >= 0.3 is 5.97 Å². The van der Waals surface area contributed by atoms with Crippen LogP contribution in [0.3, 0.4) is 0 Å². The maximum atomic E-state index is 12.0. The molecule has 156 valence electrons. The van der Waals surface area contributed by atoms with E-state index < -0.39 is 11.9 Å². The number of azo groups is 1. The zero-order chi connectivity index (χ0) is 22.2. The lowest BCUT2D eigenvalue weighted by atomic mass is 10.1. The lowest BCUT2D eigenvalue weighted by molar-refractivity contribution is 0.0697. The molecule has 0 unspecified atom stereocenters. The van der Waals surface area contributed by atoms with Gasteiger partial charge in [-0.2, -0.15) is 10.2 Å². The molecule has 0 aliphatic carbocycles. The number of carboxylic acids is 1. The highest BCUT2D eigenvalue weighted by atomic mass is 16.5. The van der Waals surface area contributed by atoms with E-state index in [0.717, 1.165) is 0 Å². The van der Waals surface area contributed by atoms with E-state index in [1.807, 2.05) is 0 Å². The number of aromatic nitrogens is 1. The number of carbonyl (C=O) groups excluding carboxylic acids is 1. The Balaban J connectivity index is 1.85. The van der Waals surface area contributed by atoms with E-state index in [4.69, 9.17) is 4.74 Å². The largest absolute Gasteiger partial charge is 0.504 e. The number of methoxy groups -OCH3 is 1. The number of ether oxygens (including phenoxy) is 1. The third-order valence-corrected chi connectivity index (χ3v) is 4.01. The second kappa shape index (κ2) is 9.74. The normalized spacial score (nSPS) is 11.0. The number of aromatic hydroxyl groups is 1. The summed E-state index contributed by atoms with van der Waals surface area (Å²) in [4.78, 5) is 27.2. The predicted molar refractivity (Wildman–Crippen MR) is 112 cm³/mol. The van der Waals surface area contributed by atoms with Crippen molar-refractivity contribution in [2.75, 3.05) is 7.11 Å². The molecule has 0 radical (unpaired) electrons. The second-order valence-corrected chi connectivity index (χ2v) is 6.05. The molecule has 0 spiro atoms. The van der Waals surface area contributed by atoms with Crippen molar-refractivity contribution in [1.82, 2.24) is 10.4 Å². The first-order valence-corrected chi connectivity index (χ1v) is 8.88. The minimum atomic E-state index is -1.13. The quantitative estimate of drug-likeness (QED) is 0.302. The summed E-state index contributed by atoms with van der Waals surface area (Å²) in [7, 11) is 1.36. The van der Waals surface area contributed by atoms with Crippen molar-refractivity contribution in [2.45, 2.75) is 0 Å². The number of phenols is 1. The van der Waals surface area contributed by atoms with E-state index >= 15 is 0 Å². The topological polar surface area (TPSA) is 146 Å². The smallest absolute Gasteiger partial charge is 0.337 e. The van der Waals surface area contributed by atoms with Crippen LogP contribution in [0.5, 0.6) is 11.5 Å². The number of aromatic carboxylic acids is 1. The van der Waals surface area contributed by atoms with E-state index in [1.165, 1.54) is 43.8 Å². The molecular formula is C21H17N5O5. The molecule has 1 aromatic heterocycles. The van der Waals surface area contributed by atoms with Crippen LogP contribution in [0.2, 0.25) is 0 Å². The summed E-state index contributed by atoms with van der Waals surface area (Å²) in [5, 5.41) is 31.4. The molecule has 1 amide bonds. The van der Waals surface area contributed by atoms with Crippen LogP contribution in [0.1, 0.15) is 26.3 Å². The van der Waals surface area contributed by atoms with Gasteiger partial charge in [0.15, 0.2) is 11.5 Å². The van der Waals surface area contributed by atoms with Gasteiger partial charge in [0.2, 0.25) is 0 Å². The van der Waals surface area contributed by atoms with Gasteiger partial charge in [-0.1, -0.05) is 12.1 Å². The summed E-state index contributed by atoms with van der Waals surface area (Å²) in [6.07, 6.45) is 4.15.